The van der Waals surface area contributed by atoms with Crippen LogP contribution in [-0.2, 0) is 0 Å². The summed E-state index contributed by atoms with van der Waals surface area (Å²) in [5.74, 6) is 0.474. The van der Waals surface area contributed by atoms with Gasteiger partial charge in [-0.3, -0.25) is 10.1 Å². The van der Waals surface area contributed by atoms with E-state index in [1.165, 1.54) is 6.20 Å². The second-order valence-electron chi connectivity index (χ2n) is 5.27. The van der Waals surface area contributed by atoms with Gasteiger partial charge in [-0.2, -0.15) is 4.98 Å². The Morgan fingerprint density at radius 2 is 1.92 bits per heavy atom. The molecule has 2 N–H and O–H groups in total. The Hall–Kier alpha value is -2.45. The van der Waals surface area contributed by atoms with Crippen molar-refractivity contribution in [3.63, 3.8) is 0 Å². The van der Waals surface area contributed by atoms with Gasteiger partial charge >= 0.3 is 5.69 Å². The molecule has 0 atom stereocenters. The summed E-state index contributed by atoms with van der Waals surface area (Å²) in [5.41, 5.74) is 0.591. The lowest BCUT2D eigenvalue weighted by atomic mass is 10.3. The summed E-state index contributed by atoms with van der Waals surface area (Å²) < 4.78 is 0. The van der Waals surface area contributed by atoms with Crippen LogP contribution in [0.15, 0.2) is 30.5 Å². The van der Waals surface area contributed by atoms with E-state index in [1.54, 1.807) is 24.3 Å². The van der Waals surface area contributed by atoms with Crippen LogP contribution in [0.2, 0.25) is 5.02 Å². The summed E-state index contributed by atoms with van der Waals surface area (Å²) in [4.78, 5) is 21.1. The van der Waals surface area contributed by atoms with Gasteiger partial charge in [0.1, 0.15) is 6.20 Å². The molecule has 0 amide bonds. The van der Waals surface area contributed by atoms with Crippen molar-refractivity contribution in [2.75, 3.05) is 36.8 Å². The third-order valence-corrected chi connectivity index (χ3v) is 3.93. The van der Waals surface area contributed by atoms with Crippen LogP contribution in [0.3, 0.4) is 0 Å². The summed E-state index contributed by atoms with van der Waals surface area (Å²) in [6, 6.07) is 7.03. The maximum atomic E-state index is 11.2. The molecule has 0 spiro atoms. The molecule has 9 heteroatoms. The summed E-state index contributed by atoms with van der Waals surface area (Å²) in [6.07, 6.45) is 1.20. The quantitative estimate of drug-likeness (QED) is 0.519. The summed E-state index contributed by atoms with van der Waals surface area (Å²) in [7, 11) is 0. The first-order valence-electron chi connectivity index (χ1n) is 8.03. The smallest absolute Gasteiger partial charge is 0.329 e. The lowest BCUT2D eigenvalue weighted by Gasteiger charge is -2.18. The normalized spacial score (nSPS) is 10.7. The van der Waals surface area contributed by atoms with E-state index < -0.39 is 4.92 Å². The maximum Gasteiger partial charge on any atom is 0.329 e. The van der Waals surface area contributed by atoms with Crippen LogP contribution in [0.1, 0.15) is 13.8 Å². The van der Waals surface area contributed by atoms with Crippen molar-refractivity contribution in [2.45, 2.75) is 13.8 Å². The van der Waals surface area contributed by atoms with E-state index in [2.05, 4.69) is 39.3 Å². The fraction of sp³-hybridized carbons (Fsp3) is 0.375. The molecule has 0 bridgehead atoms. The fourth-order valence-corrected chi connectivity index (χ4v) is 2.36. The number of hydrogen-bond donors (Lipinski definition) is 2. The Kier molecular flexibility index (Phi) is 6.91. The highest BCUT2D eigenvalue weighted by Gasteiger charge is 2.17. The van der Waals surface area contributed by atoms with Crippen LogP contribution >= 0.6 is 11.6 Å². The molecule has 0 unspecified atom stereocenters. The average Bonchev–Trinajstić information content (AvgIpc) is 2.61. The zero-order valence-electron chi connectivity index (χ0n) is 14.2. The van der Waals surface area contributed by atoms with Crippen LogP contribution < -0.4 is 10.6 Å². The highest BCUT2D eigenvalue weighted by molar-refractivity contribution is 6.30. The van der Waals surface area contributed by atoms with Gasteiger partial charge in [-0.25, -0.2) is 4.98 Å². The molecule has 1 heterocycles. The molecule has 134 valence electrons. The van der Waals surface area contributed by atoms with Crippen LogP contribution in [-0.4, -0.2) is 46.0 Å². The zero-order chi connectivity index (χ0) is 18.2. The van der Waals surface area contributed by atoms with Gasteiger partial charge in [0.05, 0.1) is 4.92 Å². The highest BCUT2D eigenvalue weighted by atomic mass is 35.5. The number of anilines is 3. The van der Waals surface area contributed by atoms with Crippen LogP contribution in [0.25, 0.3) is 0 Å². The monoisotopic (exact) mass is 364 g/mol. The van der Waals surface area contributed by atoms with E-state index in [1.807, 2.05) is 0 Å². The predicted octanol–water partition coefficient (Wildman–Crippen LogP) is 3.54. The number of rotatable bonds is 9. The molecule has 1 aromatic carbocycles. The summed E-state index contributed by atoms with van der Waals surface area (Å²) >= 11 is 5.85. The van der Waals surface area contributed by atoms with E-state index >= 15 is 0 Å². The first-order chi connectivity index (χ1) is 12.0. The molecule has 2 rings (SSSR count). The molecule has 0 saturated heterocycles. The third-order valence-electron chi connectivity index (χ3n) is 3.68. The molecule has 0 fully saturated rings. The zero-order valence-corrected chi connectivity index (χ0v) is 15.0. The standard InChI is InChI=1S/C16H21ClN6O2/c1-3-22(4-2)10-9-18-15-14(23(24)25)11-19-16(21-15)20-13-7-5-12(17)6-8-13/h5-8,11H,3-4,9-10H2,1-2H3,(H2,18,19,20,21). The minimum absolute atomic E-state index is 0.152. The van der Waals surface area contributed by atoms with Crippen LogP contribution in [0.4, 0.5) is 23.1 Å². The van der Waals surface area contributed by atoms with Gasteiger partial charge in [-0.15, -0.1) is 0 Å². The Bertz CT molecular complexity index is 706. The van der Waals surface area contributed by atoms with Gasteiger partial charge in [0.25, 0.3) is 0 Å². The van der Waals surface area contributed by atoms with Crippen molar-refractivity contribution in [3.05, 3.63) is 45.6 Å². The van der Waals surface area contributed by atoms with E-state index in [0.717, 1.165) is 25.3 Å². The van der Waals surface area contributed by atoms with Gasteiger partial charge in [0.2, 0.25) is 11.8 Å². The molecule has 8 nitrogen and oxygen atoms in total. The molecule has 0 saturated carbocycles. The second kappa shape index (κ2) is 9.14. The van der Waals surface area contributed by atoms with Crippen molar-refractivity contribution in [1.29, 1.82) is 0 Å². The van der Waals surface area contributed by atoms with Crippen LogP contribution in [0.5, 0.6) is 0 Å². The van der Waals surface area contributed by atoms with Gasteiger partial charge in [0.15, 0.2) is 0 Å². The number of nitrogens with one attached hydrogen (secondary N) is 2. The minimum Gasteiger partial charge on any atom is -0.363 e. The predicted molar refractivity (Wildman–Crippen MR) is 99.7 cm³/mol. The van der Waals surface area contributed by atoms with Gasteiger partial charge in [-0.05, 0) is 37.4 Å². The number of likely N-dealkylation sites (N-methyl/N-ethyl adjacent to an activating group) is 1. The Labute approximate surface area is 151 Å². The van der Waals surface area contributed by atoms with Crippen molar-refractivity contribution >= 4 is 34.7 Å². The number of benzene rings is 1. The number of nitro groups is 1. The van der Waals surface area contributed by atoms with Crippen molar-refractivity contribution < 1.29 is 4.92 Å². The average molecular weight is 365 g/mol. The van der Waals surface area contributed by atoms with E-state index in [4.69, 9.17) is 11.6 Å². The maximum absolute atomic E-state index is 11.2. The number of aromatic nitrogens is 2. The first kappa shape index (κ1) is 18.9. The SMILES string of the molecule is CCN(CC)CCNc1nc(Nc2ccc(Cl)cc2)ncc1[N+](=O)[O-]. The van der Waals surface area contributed by atoms with Crippen LogP contribution in [0, 0.1) is 10.1 Å². The van der Waals surface area contributed by atoms with E-state index in [-0.39, 0.29) is 17.5 Å². The first-order valence-corrected chi connectivity index (χ1v) is 8.41. The molecule has 0 aliphatic carbocycles. The van der Waals surface area contributed by atoms with Gasteiger partial charge < -0.3 is 15.5 Å². The lowest BCUT2D eigenvalue weighted by molar-refractivity contribution is -0.384. The third kappa shape index (κ3) is 5.54. The molecule has 0 aliphatic rings. The molecule has 0 aliphatic heterocycles. The minimum atomic E-state index is -0.494. The topological polar surface area (TPSA) is 96.2 Å². The molecule has 2 aromatic rings. The van der Waals surface area contributed by atoms with Crippen molar-refractivity contribution in [2.24, 2.45) is 0 Å². The van der Waals surface area contributed by atoms with Crippen molar-refractivity contribution in [1.82, 2.24) is 14.9 Å². The highest BCUT2D eigenvalue weighted by Crippen LogP contribution is 2.23. The Morgan fingerprint density at radius 3 is 2.52 bits per heavy atom. The van der Waals surface area contributed by atoms with Gasteiger partial charge in [0, 0.05) is 23.8 Å². The van der Waals surface area contributed by atoms with E-state index in [9.17, 15) is 10.1 Å². The molecular weight excluding hydrogens is 344 g/mol. The molecule has 0 radical (unpaired) electrons. The number of hydrogen-bond acceptors (Lipinski definition) is 7. The number of halogens is 1. The van der Waals surface area contributed by atoms with Crippen molar-refractivity contribution in [3.8, 4) is 0 Å². The summed E-state index contributed by atoms with van der Waals surface area (Å²) in [5, 5.41) is 17.8. The molecule has 1 aromatic heterocycles. The van der Waals surface area contributed by atoms with E-state index in [0.29, 0.717) is 11.6 Å². The van der Waals surface area contributed by atoms with Gasteiger partial charge in [-0.1, -0.05) is 25.4 Å². The Morgan fingerprint density at radius 1 is 1.24 bits per heavy atom. The molecular formula is C16H21ClN6O2. The lowest BCUT2D eigenvalue weighted by Crippen LogP contribution is -2.29. The number of nitrogens with zero attached hydrogens (tertiary/aromatic N) is 4. The largest absolute Gasteiger partial charge is 0.363 e. The summed E-state index contributed by atoms with van der Waals surface area (Å²) in [6.45, 7) is 7.32. The Balaban J connectivity index is 2.12. The second-order valence-corrected chi connectivity index (χ2v) is 5.71. The fourth-order valence-electron chi connectivity index (χ4n) is 2.23. The molecule has 25 heavy (non-hydrogen) atoms.